The smallest absolute Gasteiger partial charge is 0.278 e. The van der Waals surface area contributed by atoms with Crippen molar-refractivity contribution >= 4 is 27.3 Å². The molecule has 2 aromatic heterocycles. The van der Waals surface area contributed by atoms with E-state index in [1.165, 1.54) is 24.3 Å². The number of nitrogens with one attached hydrogen (secondary N) is 1. The van der Waals surface area contributed by atoms with Crippen LogP contribution >= 0.6 is 11.6 Å². The summed E-state index contributed by atoms with van der Waals surface area (Å²) >= 11 is 5.90. The van der Waals surface area contributed by atoms with Gasteiger partial charge in [0.15, 0.2) is 0 Å². The summed E-state index contributed by atoms with van der Waals surface area (Å²) < 4.78 is 48.2. The molecule has 8 nitrogen and oxygen atoms in total. The lowest BCUT2D eigenvalue weighted by molar-refractivity contribution is 0.431. The van der Waals surface area contributed by atoms with Gasteiger partial charge >= 0.3 is 0 Å². The minimum Gasteiger partial charge on any atom is -0.332 e. The SMILES string of the molecule is O=S(=O)(Nc1ccc(Cn2cnc(-c3nc(-c4cccc(F)c4)no3)c2)cc1)c1cccc(Cl)c1. The van der Waals surface area contributed by atoms with Gasteiger partial charge in [0.1, 0.15) is 11.5 Å². The number of rotatable bonds is 7. The van der Waals surface area contributed by atoms with Crippen LogP contribution in [0.2, 0.25) is 5.02 Å². The summed E-state index contributed by atoms with van der Waals surface area (Å²) in [5.74, 6) is 0.0973. The molecule has 0 bridgehead atoms. The van der Waals surface area contributed by atoms with Gasteiger partial charge in [0.2, 0.25) is 5.82 Å². The molecular weight excluding hydrogens is 493 g/mol. The van der Waals surface area contributed by atoms with Crippen LogP contribution in [0.15, 0.2) is 94.7 Å². The maximum absolute atomic E-state index is 13.5. The van der Waals surface area contributed by atoms with E-state index in [1.807, 2.05) is 16.7 Å². The fraction of sp³-hybridized carbons (Fsp3) is 0.0417. The highest BCUT2D eigenvalue weighted by Crippen LogP contribution is 2.23. The number of halogens is 2. The van der Waals surface area contributed by atoms with Gasteiger partial charge in [-0.2, -0.15) is 4.98 Å². The fourth-order valence-electron chi connectivity index (χ4n) is 3.37. The molecular formula is C24H17ClFN5O3S. The molecule has 0 aliphatic rings. The second-order valence-electron chi connectivity index (χ2n) is 7.62. The van der Waals surface area contributed by atoms with Crippen molar-refractivity contribution in [2.24, 2.45) is 0 Å². The lowest BCUT2D eigenvalue weighted by Gasteiger charge is -2.09. The van der Waals surface area contributed by atoms with E-state index < -0.39 is 10.0 Å². The Labute approximate surface area is 205 Å². The predicted octanol–water partition coefficient (Wildman–Crippen LogP) is 5.24. The second-order valence-corrected chi connectivity index (χ2v) is 9.74. The van der Waals surface area contributed by atoms with E-state index in [-0.39, 0.29) is 22.4 Å². The summed E-state index contributed by atoms with van der Waals surface area (Å²) in [5.41, 5.74) is 2.33. The first-order valence-electron chi connectivity index (χ1n) is 10.3. The van der Waals surface area contributed by atoms with Crippen molar-refractivity contribution < 1.29 is 17.3 Å². The van der Waals surface area contributed by atoms with Crippen LogP contribution < -0.4 is 4.72 Å². The number of imidazole rings is 1. The highest BCUT2D eigenvalue weighted by atomic mass is 35.5. The summed E-state index contributed by atoms with van der Waals surface area (Å²) in [5, 5.41) is 4.24. The summed E-state index contributed by atoms with van der Waals surface area (Å²) in [6, 6.07) is 19.0. The Morgan fingerprint density at radius 3 is 2.60 bits per heavy atom. The molecule has 3 aromatic carbocycles. The molecule has 11 heteroatoms. The van der Waals surface area contributed by atoms with E-state index in [0.29, 0.717) is 28.5 Å². The Hall–Kier alpha value is -4.02. The van der Waals surface area contributed by atoms with Gasteiger partial charge in [-0.1, -0.05) is 47.1 Å². The zero-order valence-corrected chi connectivity index (χ0v) is 19.5. The third kappa shape index (κ3) is 5.23. The van der Waals surface area contributed by atoms with Crippen molar-refractivity contribution in [3.63, 3.8) is 0 Å². The minimum absolute atomic E-state index is 0.0848. The molecule has 0 atom stereocenters. The van der Waals surface area contributed by atoms with Gasteiger partial charge in [-0.25, -0.2) is 17.8 Å². The zero-order chi connectivity index (χ0) is 24.4. The van der Waals surface area contributed by atoms with E-state index in [4.69, 9.17) is 16.1 Å². The predicted molar refractivity (Wildman–Crippen MR) is 129 cm³/mol. The number of nitrogens with zero attached hydrogens (tertiary/aromatic N) is 4. The first-order chi connectivity index (χ1) is 16.9. The Kier molecular flexibility index (Phi) is 6.06. The molecule has 0 amide bonds. The van der Waals surface area contributed by atoms with Gasteiger partial charge in [0, 0.05) is 29.0 Å². The maximum Gasteiger partial charge on any atom is 0.278 e. The first-order valence-corrected chi connectivity index (χ1v) is 12.2. The molecule has 0 spiro atoms. The van der Waals surface area contributed by atoms with Crippen LogP contribution in [0.3, 0.4) is 0 Å². The molecule has 5 rings (SSSR count). The van der Waals surface area contributed by atoms with Crippen LogP contribution in [0.5, 0.6) is 0 Å². The van der Waals surface area contributed by atoms with Crippen molar-refractivity contribution in [3.8, 4) is 23.0 Å². The molecule has 0 unspecified atom stereocenters. The Bertz CT molecular complexity index is 1600. The van der Waals surface area contributed by atoms with E-state index in [9.17, 15) is 12.8 Å². The Balaban J connectivity index is 1.26. The molecule has 0 saturated heterocycles. The van der Waals surface area contributed by atoms with Crippen molar-refractivity contribution in [3.05, 3.63) is 102 Å². The van der Waals surface area contributed by atoms with Gasteiger partial charge < -0.3 is 9.09 Å². The average Bonchev–Trinajstić information content (AvgIpc) is 3.50. The molecule has 2 heterocycles. The van der Waals surface area contributed by atoms with E-state index >= 15 is 0 Å². The van der Waals surface area contributed by atoms with Gasteiger partial charge in [-0.3, -0.25) is 4.72 Å². The third-order valence-electron chi connectivity index (χ3n) is 5.04. The molecule has 0 fully saturated rings. The van der Waals surface area contributed by atoms with Crippen molar-refractivity contribution in [2.45, 2.75) is 11.4 Å². The quantitative estimate of drug-likeness (QED) is 0.322. The van der Waals surface area contributed by atoms with Crippen LogP contribution in [0.1, 0.15) is 5.56 Å². The average molecular weight is 510 g/mol. The molecule has 0 aliphatic carbocycles. The van der Waals surface area contributed by atoms with Crippen LogP contribution in [-0.4, -0.2) is 28.1 Å². The van der Waals surface area contributed by atoms with Crippen LogP contribution in [0.25, 0.3) is 23.0 Å². The van der Waals surface area contributed by atoms with Crippen LogP contribution in [0, 0.1) is 5.82 Å². The van der Waals surface area contributed by atoms with Crippen molar-refractivity contribution in [1.29, 1.82) is 0 Å². The van der Waals surface area contributed by atoms with E-state index in [2.05, 4.69) is 19.8 Å². The topological polar surface area (TPSA) is 103 Å². The lowest BCUT2D eigenvalue weighted by atomic mass is 10.2. The zero-order valence-electron chi connectivity index (χ0n) is 18.0. The molecule has 1 N–H and O–H groups in total. The van der Waals surface area contributed by atoms with Crippen LogP contribution in [0.4, 0.5) is 10.1 Å². The lowest BCUT2D eigenvalue weighted by Crippen LogP contribution is -2.12. The Morgan fingerprint density at radius 1 is 1.03 bits per heavy atom. The number of benzene rings is 3. The third-order valence-corrected chi connectivity index (χ3v) is 6.65. The molecule has 5 aromatic rings. The molecule has 0 saturated carbocycles. The summed E-state index contributed by atoms with van der Waals surface area (Å²) in [7, 11) is -3.75. The summed E-state index contributed by atoms with van der Waals surface area (Å²) in [6.45, 7) is 0.485. The van der Waals surface area contributed by atoms with E-state index in [1.54, 1.807) is 48.9 Å². The number of aromatic nitrogens is 4. The highest BCUT2D eigenvalue weighted by Gasteiger charge is 2.15. The standard InChI is InChI=1S/C24H17ClFN5O3S/c25-18-4-2-6-21(12-18)35(32,33)30-20-9-7-16(8-10-20)13-31-14-22(27-15-31)24-28-23(29-34-24)17-3-1-5-19(26)11-17/h1-12,14-15,30H,13H2. The summed E-state index contributed by atoms with van der Waals surface area (Å²) in [4.78, 5) is 8.68. The fourth-order valence-corrected chi connectivity index (χ4v) is 4.73. The number of hydrogen-bond donors (Lipinski definition) is 1. The van der Waals surface area contributed by atoms with Gasteiger partial charge in [0.25, 0.3) is 15.9 Å². The minimum atomic E-state index is -3.75. The highest BCUT2D eigenvalue weighted by molar-refractivity contribution is 7.92. The van der Waals surface area contributed by atoms with E-state index in [0.717, 1.165) is 5.56 Å². The monoisotopic (exact) mass is 509 g/mol. The van der Waals surface area contributed by atoms with Crippen LogP contribution in [-0.2, 0) is 16.6 Å². The Morgan fingerprint density at radius 2 is 1.83 bits per heavy atom. The van der Waals surface area contributed by atoms with Gasteiger partial charge in [0.05, 0.1) is 11.2 Å². The molecule has 176 valence electrons. The maximum atomic E-state index is 13.5. The number of sulfonamides is 1. The van der Waals surface area contributed by atoms with Gasteiger partial charge in [-0.15, -0.1) is 0 Å². The largest absolute Gasteiger partial charge is 0.332 e. The second kappa shape index (κ2) is 9.32. The molecule has 0 aliphatic heterocycles. The molecule has 35 heavy (non-hydrogen) atoms. The number of anilines is 1. The van der Waals surface area contributed by atoms with Crippen molar-refractivity contribution in [2.75, 3.05) is 4.72 Å². The summed E-state index contributed by atoms with van der Waals surface area (Å²) in [6.07, 6.45) is 3.37. The first kappa shape index (κ1) is 22.8. The number of hydrogen-bond acceptors (Lipinski definition) is 6. The van der Waals surface area contributed by atoms with Crippen molar-refractivity contribution in [1.82, 2.24) is 19.7 Å². The normalized spacial score (nSPS) is 11.5. The molecule has 0 radical (unpaired) electrons. The van der Waals surface area contributed by atoms with Gasteiger partial charge in [-0.05, 0) is 48.0 Å².